The summed E-state index contributed by atoms with van der Waals surface area (Å²) < 4.78 is 35.5. The summed E-state index contributed by atoms with van der Waals surface area (Å²) in [5.41, 5.74) is 0. The first-order valence-corrected chi connectivity index (χ1v) is 6.44. The van der Waals surface area contributed by atoms with Gasteiger partial charge in [-0.25, -0.2) is 0 Å². The van der Waals surface area contributed by atoms with Gasteiger partial charge >= 0.3 is 6.18 Å². The Morgan fingerprint density at radius 2 is 2.19 bits per heavy atom. The second-order valence-electron chi connectivity index (χ2n) is 4.06. The molecule has 6 heteroatoms. The van der Waals surface area contributed by atoms with Gasteiger partial charge in [-0.05, 0) is 18.8 Å². The number of hydrogen-bond donors (Lipinski definition) is 1. The summed E-state index contributed by atoms with van der Waals surface area (Å²) in [4.78, 5) is 4.30. The van der Waals surface area contributed by atoms with Gasteiger partial charge in [-0.1, -0.05) is 18.7 Å². The van der Waals surface area contributed by atoms with E-state index in [0.29, 0.717) is 18.9 Å². The number of hydrogen-bond acceptors (Lipinski definition) is 3. The number of thioether (sulfide) groups is 1. The zero-order chi connectivity index (χ0) is 12.0. The Labute approximate surface area is 98.1 Å². The monoisotopic (exact) mass is 254 g/mol. The van der Waals surface area contributed by atoms with E-state index >= 15 is 0 Å². The van der Waals surface area contributed by atoms with E-state index in [1.807, 2.05) is 0 Å². The summed E-state index contributed by atoms with van der Waals surface area (Å²) in [6.07, 6.45) is -3.99. The van der Waals surface area contributed by atoms with E-state index < -0.39 is 12.6 Å². The molecule has 2 nitrogen and oxygen atoms in total. The van der Waals surface area contributed by atoms with Crippen molar-refractivity contribution in [2.75, 3.05) is 18.8 Å². The van der Waals surface area contributed by atoms with Crippen molar-refractivity contribution in [3.63, 3.8) is 0 Å². The zero-order valence-electron chi connectivity index (χ0n) is 9.31. The Balaban J connectivity index is 2.03. The van der Waals surface area contributed by atoms with E-state index in [4.69, 9.17) is 0 Å². The van der Waals surface area contributed by atoms with Crippen molar-refractivity contribution in [1.82, 2.24) is 5.32 Å². The lowest BCUT2D eigenvalue weighted by Gasteiger charge is -2.17. The third-order valence-corrected chi connectivity index (χ3v) is 3.50. The highest BCUT2D eigenvalue weighted by Crippen LogP contribution is 2.22. The number of nitrogens with one attached hydrogen (secondary N) is 1. The van der Waals surface area contributed by atoms with Crippen LogP contribution in [0.4, 0.5) is 13.2 Å². The molecule has 0 bridgehead atoms. The first-order valence-electron chi connectivity index (χ1n) is 5.45. The highest BCUT2D eigenvalue weighted by molar-refractivity contribution is 8.13. The van der Waals surface area contributed by atoms with Crippen LogP contribution in [0.5, 0.6) is 0 Å². The molecule has 94 valence electrons. The minimum atomic E-state index is -4.02. The molecule has 1 rings (SSSR count). The van der Waals surface area contributed by atoms with Crippen molar-refractivity contribution < 1.29 is 13.2 Å². The lowest BCUT2D eigenvalue weighted by atomic mass is 10.2. The van der Waals surface area contributed by atoms with Crippen LogP contribution in [0.2, 0.25) is 0 Å². The van der Waals surface area contributed by atoms with Gasteiger partial charge in [0.15, 0.2) is 5.17 Å². The Bertz CT molecular complexity index is 241. The lowest BCUT2D eigenvalue weighted by molar-refractivity contribution is -0.135. The second-order valence-corrected chi connectivity index (χ2v) is 5.07. The topological polar surface area (TPSA) is 24.4 Å². The third kappa shape index (κ3) is 6.25. The molecule has 1 atom stereocenters. The Morgan fingerprint density at radius 1 is 1.44 bits per heavy atom. The number of rotatable bonds is 4. The minimum absolute atomic E-state index is 0.185. The van der Waals surface area contributed by atoms with Gasteiger partial charge in [0.1, 0.15) is 0 Å². The Kier molecular flexibility index (Phi) is 5.44. The van der Waals surface area contributed by atoms with Crippen LogP contribution in [0, 0.1) is 5.92 Å². The molecule has 1 aliphatic rings. The highest BCUT2D eigenvalue weighted by Gasteiger charge is 2.25. The van der Waals surface area contributed by atoms with Crippen LogP contribution >= 0.6 is 11.8 Å². The summed E-state index contributed by atoms with van der Waals surface area (Å²) in [6.45, 7) is 3.53. The summed E-state index contributed by atoms with van der Waals surface area (Å²) >= 11 is 1.65. The number of unbranched alkanes of at least 4 members (excludes halogenated alkanes) is 1. The highest BCUT2D eigenvalue weighted by atomic mass is 32.2. The largest absolute Gasteiger partial charge is 0.389 e. The number of nitrogens with zero attached hydrogens (tertiary/aromatic N) is 1. The standard InChI is InChI=1S/C10H17F3N2S/c1-8-6-15-9(16-7-8)14-5-3-2-4-10(11,12)13/h8H,2-7H2,1H3,(H,14,15). The smallest absolute Gasteiger partial charge is 0.365 e. The molecule has 0 aromatic rings. The third-order valence-electron chi connectivity index (χ3n) is 2.21. The molecular weight excluding hydrogens is 237 g/mol. The molecule has 1 aliphatic heterocycles. The van der Waals surface area contributed by atoms with Gasteiger partial charge in [0, 0.05) is 25.3 Å². The van der Waals surface area contributed by atoms with Crippen LogP contribution in [-0.4, -0.2) is 30.2 Å². The normalized spacial score (nSPS) is 21.8. The zero-order valence-corrected chi connectivity index (χ0v) is 10.1. The molecule has 0 aliphatic carbocycles. The van der Waals surface area contributed by atoms with Crippen LogP contribution in [0.3, 0.4) is 0 Å². The maximum Gasteiger partial charge on any atom is 0.389 e. The molecule has 0 saturated heterocycles. The quantitative estimate of drug-likeness (QED) is 0.780. The van der Waals surface area contributed by atoms with Crippen LogP contribution in [-0.2, 0) is 0 Å². The summed E-state index contributed by atoms with van der Waals surface area (Å²) in [6, 6.07) is 0. The minimum Gasteiger partial charge on any atom is -0.365 e. The van der Waals surface area contributed by atoms with E-state index in [9.17, 15) is 13.2 Å². The maximum absolute atomic E-state index is 11.8. The Hall–Kier alpha value is -0.390. The van der Waals surface area contributed by atoms with Gasteiger partial charge < -0.3 is 5.32 Å². The van der Waals surface area contributed by atoms with Crippen LogP contribution in [0.15, 0.2) is 4.99 Å². The summed E-state index contributed by atoms with van der Waals surface area (Å²) in [5, 5.41) is 3.95. The van der Waals surface area contributed by atoms with E-state index in [0.717, 1.165) is 17.5 Å². The number of amidine groups is 1. The molecule has 0 saturated carbocycles. The van der Waals surface area contributed by atoms with E-state index in [-0.39, 0.29) is 6.42 Å². The summed E-state index contributed by atoms with van der Waals surface area (Å²) in [5.74, 6) is 1.63. The fraction of sp³-hybridized carbons (Fsp3) is 0.900. The molecule has 0 aromatic carbocycles. The first-order chi connectivity index (χ1) is 7.47. The molecule has 0 fully saturated rings. The molecule has 16 heavy (non-hydrogen) atoms. The van der Waals surface area contributed by atoms with Crippen LogP contribution < -0.4 is 5.32 Å². The number of aliphatic imine (C=N–C) groups is 1. The SMILES string of the molecule is CC1CN=C(NCCCCC(F)(F)F)SC1. The predicted octanol–water partition coefficient (Wildman–Crippen LogP) is 3.05. The van der Waals surface area contributed by atoms with E-state index in [1.54, 1.807) is 11.8 Å². The maximum atomic E-state index is 11.8. The molecule has 0 amide bonds. The van der Waals surface area contributed by atoms with Gasteiger partial charge in [-0.15, -0.1) is 0 Å². The fourth-order valence-electron chi connectivity index (χ4n) is 1.31. The van der Waals surface area contributed by atoms with Crippen molar-refractivity contribution in [3.8, 4) is 0 Å². The van der Waals surface area contributed by atoms with E-state index in [2.05, 4.69) is 17.2 Å². The molecule has 0 radical (unpaired) electrons. The van der Waals surface area contributed by atoms with Gasteiger partial charge in [-0.2, -0.15) is 13.2 Å². The van der Waals surface area contributed by atoms with Crippen molar-refractivity contribution in [2.24, 2.45) is 10.9 Å². The van der Waals surface area contributed by atoms with Gasteiger partial charge in [0.2, 0.25) is 0 Å². The van der Waals surface area contributed by atoms with Crippen LogP contribution in [0.1, 0.15) is 26.2 Å². The fourth-order valence-corrected chi connectivity index (χ4v) is 2.23. The average molecular weight is 254 g/mol. The van der Waals surface area contributed by atoms with Crippen molar-refractivity contribution in [3.05, 3.63) is 0 Å². The lowest BCUT2D eigenvalue weighted by Crippen LogP contribution is -2.27. The second kappa shape index (κ2) is 6.37. The summed E-state index contributed by atoms with van der Waals surface area (Å²) in [7, 11) is 0. The molecule has 0 spiro atoms. The van der Waals surface area contributed by atoms with Gasteiger partial charge in [0.25, 0.3) is 0 Å². The molecular formula is C10H17F3N2S. The van der Waals surface area contributed by atoms with Crippen molar-refractivity contribution in [1.29, 1.82) is 0 Å². The Morgan fingerprint density at radius 3 is 2.75 bits per heavy atom. The van der Waals surface area contributed by atoms with Crippen molar-refractivity contribution >= 4 is 16.9 Å². The molecule has 1 unspecified atom stereocenters. The molecule has 1 heterocycles. The average Bonchev–Trinajstić information content (AvgIpc) is 2.19. The van der Waals surface area contributed by atoms with Gasteiger partial charge in [-0.3, -0.25) is 4.99 Å². The van der Waals surface area contributed by atoms with E-state index in [1.165, 1.54) is 0 Å². The molecule has 1 N–H and O–H groups in total. The van der Waals surface area contributed by atoms with Crippen LogP contribution in [0.25, 0.3) is 0 Å². The van der Waals surface area contributed by atoms with Gasteiger partial charge in [0.05, 0.1) is 0 Å². The van der Waals surface area contributed by atoms with Crippen molar-refractivity contribution in [2.45, 2.75) is 32.4 Å². The first kappa shape index (κ1) is 13.7. The number of halogens is 3. The molecule has 0 aromatic heterocycles. The predicted molar refractivity (Wildman–Crippen MR) is 61.8 cm³/mol. The number of alkyl halides is 3.